The predicted molar refractivity (Wildman–Crippen MR) is 41.3 cm³/mol. The monoisotopic (exact) mass is 140 g/mol. The molecule has 0 aromatic carbocycles. The van der Waals surface area contributed by atoms with Crippen molar-refractivity contribution >= 4 is 8.58 Å². The van der Waals surface area contributed by atoms with Crippen molar-refractivity contribution in [1.82, 2.24) is 0 Å². The molecule has 1 aliphatic heterocycles. The molecule has 5 unspecified atom stereocenters. The molecule has 1 saturated heterocycles. The first-order valence-corrected chi connectivity index (χ1v) is 5.17. The number of hydrogen-bond donors (Lipinski definition) is 0. The Labute approximate surface area is 58.2 Å². The Balaban J connectivity index is 1.93. The zero-order chi connectivity index (χ0) is 6.06. The van der Waals surface area contributed by atoms with Crippen LogP contribution in [0.1, 0.15) is 26.2 Å². The minimum absolute atomic E-state index is 0.997. The molecule has 50 valence electrons. The highest BCUT2D eigenvalue weighted by molar-refractivity contribution is 7.51. The number of rotatable bonds is 0. The van der Waals surface area contributed by atoms with Gasteiger partial charge in [0, 0.05) is 0 Å². The van der Waals surface area contributed by atoms with Crippen LogP contribution in [0.4, 0.5) is 0 Å². The van der Waals surface area contributed by atoms with Crippen molar-refractivity contribution in [2.75, 3.05) is 0 Å². The molecular formula is C8H13P. The van der Waals surface area contributed by atoms with Gasteiger partial charge in [0.15, 0.2) is 0 Å². The summed E-state index contributed by atoms with van der Waals surface area (Å²) in [7, 11) is 1.39. The van der Waals surface area contributed by atoms with E-state index < -0.39 is 0 Å². The first-order chi connectivity index (χ1) is 4.32. The second-order valence-corrected chi connectivity index (χ2v) is 6.07. The van der Waals surface area contributed by atoms with E-state index in [4.69, 9.17) is 0 Å². The van der Waals surface area contributed by atoms with Gasteiger partial charge < -0.3 is 0 Å². The van der Waals surface area contributed by atoms with Crippen LogP contribution in [0.25, 0.3) is 0 Å². The van der Waals surface area contributed by atoms with E-state index in [1.165, 1.54) is 20.2 Å². The fourth-order valence-electron chi connectivity index (χ4n) is 2.91. The molecule has 0 aromatic heterocycles. The van der Waals surface area contributed by atoms with Crippen LogP contribution in [0.3, 0.4) is 0 Å². The molecule has 0 amide bonds. The van der Waals surface area contributed by atoms with E-state index in [-0.39, 0.29) is 0 Å². The largest absolute Gasteiger partial charge is 0.111 e. The molecule has 4 aliphatic rings. The smallest absolute Gasteiger partial charge is 0.00480 e. The van der Waals surface area contributed by atoms with Crippen LogP contribution in [-0.2, 0) is 0 Å². The molecule has 2 bridgehead atoms. The van der Waals surface area contributed by atoms with Crippen LogP contribution in [0, 0.1) is 11.8 Å². The Hall–Kier alpha value is 0.430. The van der Waals surface area contributed by atoms with Crippen molar-refractivity contribution in [3.05, 3.63) is 0 Å². The van der Waals surface area contributed by atoms with Crippen LogP contribution in [0.15, 0.2) is 0 Å². The van der Waals surface area contributed by atoms with Gasteiger partial charge in [-0.1, -0.05) is 6.92 Å². The normalized spacial score (nSPS) is 71.0. The van der Waals surface area contributed by atoms with E-state index in [9.17, 15) is 0 Å². The van der Waals surface area contributed by atoms with Crippen molar-refractivity contribution < 1.29 is 0 Å². The molecular weight excluding hydrogens is 127 g/mol. The summed E-state index contributed by atoms with van der Waals surface area (Å²) >= 11 is 0. The fraction of sp³-hybridized carbons (Fsp3) is 1.00. The number of hydrogen-bond acceptors (Lipinski definition) is 0. The molecule has 0 radical (unpaired) electrons. The Kier molecular flexibility index (Phi) is 0.703. The highest BCUT2D eigenvalue weighted by Gasteiger charge is 2.69. The quantitative estimate of drug-likeness (QED) is 0.452. The van der Waals surface area contributed by atoms with Gasteiger partial charge in [0.1, 0.15) is 0 Å². The lowest BCUT2D eigenvalue weighted by Gasteiger charge is -2.44. The van der Waals surface area contributed by atoms with Crippen molar-refractivity contribution in [1.29, 1.82) is 0 Å². The molecule has 4 fully saturated rings. The van der Waals surface area contributed by atoms with E-state index in [1.54, 1.807) is 19.3 Å². The van der Waals surface area contributed by atoms with E-state index in [0.29, 0.717) is 0 Å². The predicted octanol–water partition coefficient (Wildman–Crippen LogP) is 2.24. The van der Waals surface area contributed by atoms with Crippen LogP contribution < -0.4 is 0 Å². The average Bonchev–Trinajstić information content (AvgIpc) is 2.38. The van der Waals surface area contributed by atoms with E-state index in [1.807, 2.05) is 0 Å². The highest BCUT2D eigenvalue weighted by Crippen LogP contribution is 2.81. The SMILES string of the molecule is CC1CCC23CC1C2P3. The summed E-state index contributed by atoms with van der Waals surface area (Å²) in [5.41, 5.74) is 1.25. The Morgan fingerprint density at radius 2 is 2.44 bits per heavy atom. The van der Waals surface area contributed by atoms with Gasteiger partial charge in [-0.15, -0.1) is 8.58 Å². The molecule has 9 heavy (non-hydrogen) atoms. The van der Waals surface area contributed by atoms with E-state index >= 15 is 0 Å². The van der Waals surface area contributed by atoms with Crippen LogP contribution >= 0.6 is 8.58 Å². The third-order valence-electron chi connectivity index (χ3n) is 3.76. The van der Waals surface area contributed by atoms with Crippen molar-refractivity contribution in [2.24, 2.45) is 11.8 Å². The van der Waals surface area contributed by atoms with Gasteiger partial charge in [0.05, 0.1) is 0 Å². The van der Waals surface area contributed by atoms with Gasteiger partial charge in [-0.05, 0) is 41.9 Å². The van der Waals surface area contributed by atoms with Crippen molar-refractivity contribution in [3.8, 4) is 0 Å². The van der Waals surface area contributed by atoms with Crippen molar-refractivity contribution in [3.63, 3.8) is 0 Å². The summed E-state index contributed by atoms with van der Waals surface area (Å²) in [5, 5.41) is 0.997. The van der Waals surface area contributed by atoms with Gasteiger partial charge >= 0.3 is 0 Å². The summed E-state index contributed by atoms with van der Waals surface area (Å²) in [6, 6.07) is 0. The van der Waals surface area contributed by atoms with E-state index in [2.05, 4.69) is 6.92 Å². The second-order valence-electron chi connectivity index (χ2n) is 4.16. The molecule has 0 nitrogen and oxygen atoms in total. The molecule has 1 spiro atoms. The van der Waals surface area contributed by atoms with Gasteiger partial charge in [0.2, 0.25) is 0 Å². The molecule has 1 heterocycles. The summed E-state index contributed by atoms with van der Waals surface area (Å²) in [6.07, 6.45) is 4.76. The summed E-state index contributed by atoms with van der Waals surface area (Å²) in [5.74, 6) is 2.28. The summed E-state index contributed by atoms with van der Waals surface area (Å²) in [6.45, 7) is 2.45. The van der Waals surface area contributed by atoms with Gasteiger partial charge in [-0.25, -0.2) is 0 Å². The maximum atomic E-state index is 2.45. The minimum atomic E-state index is 0.997. The van der Waals surface area contributed by atoms with Crippen LogP contribution in [0.2, 0.25) is 0 Å². The average molecular weight is 140 g/mol. The molecule has 0 N–H and O–H groups in total. The first kappa shape index (κ1) is 5.13. The Morgan fingerprint density at radius 3 is 3.00 bits per heavy atom. The zero-order valence-electron chi connectivity index (χ0n) is 5.85. The molecule has 5 atom stereocenters. The fourth-order valence-corrected chi connectivity index (χ4v) is 5.22. The van der Waals surface area contributed by atoms with Gasteiger partial charge in [-0.3, -0.25) is 0 Å². The molecule has 1 heteroatoms. The first-order valence-electron chi connectivity index (χ1n) is 4.09. The third-order valence-corrected chi connectivity index (χ3v) is 6.08. The Morgan fingerprint density at radius 1 is 1.56 bits per heavy atom. The third kappa shape index (κ3) is 0.431. The van der Waals surface area contributed by atoms with Crippen molar-refractivity contribution in [2.45, 2.75) is 37.0 Å². The summed E-state index contributed by atoms with van der Waals surface area (Å²) < 4.78 is 0. The highest BCUT2D eigenvalue weighted by atomic mass is 31.1. The minimum Gasteiger partial charge on any atom is -0.111 e. The maximum Gasteiger partial charge on any atom is -0.00480 e. The second kappa shape index (κ2) is 1.23. The van der Waals surface area contributed by atoms with Gasteiger partial charge in [0.25, 0.3) is 0 Å². The Bertz CT molecular complexity index is 160. The maximum absolute atomic E-state index is 2.45. The van der Waals surface area contributed by atoms with Gasteiger partial charge in [-0.2, -0.15) is 0 Å². The lowest BCUT2D eigenvalue weighted by molar-refractivity contribution is 0.137. The molecule has 0 aromatic rings. The molecule has 3 aliphatic carbocycles. The van der Waals surface area contributed by atoms with Crippen LogP contribution in [-0.4, -0.2) is 10.8 Å². The van der Waals surface area contributed by atoms with Crippen LogP contribution in [0.5, 0.6) is 0 Å². The lowest BCUT2D eigenvalue weighted by atomic mass is 9.61. The topological polar surface area (TPSA) is 0 Å². The molecule has 3 saturated carbocycles. The molecule has 4 rings (SSSR count). The van der Waals surface area contributed by atoms with E-state index in [0.717, 1.165) is 11.1 Å². The number of fused-ring (bicyclic) bond motifs is 2. The standard InChI is InChI=1S/C8H13P/c1-5-2-3-8-4-6(5)7(8)9-8/h5-7,9H,2-4H2,1H3. The zero-order valence-corrected chi connectivity index (χ0v) is 6.85. The lowest BCUT2D eigenvalue weighted by Crippen LogP contribution is -2.44. The summed E-state index contributed by atoms with van der Waals surface area (Å²) in [4.78, 5) is 0.